The average Bonchev–Trinajstić information content (AvgIpc) is 2.66. The maximum absolute atomic E-state index is 11.4. The smallest absolute Gasteiger partial charge is 0.186 e. The number of nitrogens with zero attached hydrogens (tertiary/aromatic N) is 3. The van der Waals surface area contributed by atoms with Gasteiger partial charge in [-0.25, -0.2) is 4.98 Å². The van der Waals surface area contributed by atoms with Gasteiger partial charge in [0, 0.05) is 20.0 Å². The zero-order valence-corrected chi connectivity index (χ0v) is 12.8. The van der Waals surface area contributed by atoms with E-state index in [1.165, 1.54) is 11.3 Å². The summed E-state index contributed by atoms with van der Waals surface area (Å²) in [7, 11) is 4.16. The number of Topliss-reactive ketones (excluding diaryl/α,β-unsaturated/α-hetero) is 1. The van der Waals surface area contributed by atoms with E-state index in [0.717, 1.165) is 41.8 Å². The highest BCUT2D eigenvalue weighted by atomic mass is 32.1. The van der Waals surface area contributed by atoms with E-state index < -0.39 is 0 Å². The molecular weight excluding hydrogens is 246 g/mol. The lowest BCUT2D eigenvalue weighted by Crippen LogP contribution is -2.26. The number of carbonyl (C=O) groups is 1. The highest BCUT2D eigenvalue weighted by molar-refractivity contribution is 7.17. The van der Waals surface area contributed by atoms with Crippen LogP contribution < -0.4 is 4.90 Å². The van der Waals surface area contributed by atoms with Gasteiger partial charge in [0.2, 0.25) is 0 Å². The van der Waals surface area contributed by atoms with Gasteiger partial charge in [0.25, 0.3) is 0 Å². The number of anilines is 1. The average molecular weight is 269 g/mol. The Morgan fingerprint density at radius 2 is 2.00 bits per heavy atom. The summed E-state index contributed by atoms with van der Waals surface area (Å²) < 4.78 is 0. The van der Waals surface area contributed by atoms with E-state index in [2.05, 4.69) is 35.8 Å². The normalized spacial score (nSPS) is 11.0. The van der Waals surface area contributed by atoms with E-state index in [0.29, 0.717) is 0 Å². The first-order valence-electron chi connectivity index (χ1n) is 6.33. The molecule has 0 aliphatic heterocycles. The first kappa shape index (κ1) is 15.1. The molecule has 0 unspecified atom stereocenters. The molecule has 1 rings (SSSR count). The summed E-state index contributed by atoms with van der Waals surface area (Å²) in [5.74, 6) is 0.112. The van der Waals surface area contributed by atoms with Crippen LogP contribution in [0.5, 0.6) is 0 Å². The number of thiazole rings is 1. The molecule has 0 N–H and O–H groups in total. The molecule has 1 aromatic rings. The lowest BCUT2D eigenvalue weighted by molar-refractivity contribution is 0.102. The Balaban J connectivity index is 2.70. The van der Waals surface area contributed by atoms with Crippen LogP contribution in [0.4, 0.5) is 5.13 Å². The van der Waals surface area contributed by atoms with Crippen LogP contribution in [-0.2, 0) is 0 Å². The van der Waals surface area contributed by atoms with Crippen molar-refractivity contribution in [1.29, 1.82) is 0 Å². The molecule has 18 heavy (non-hydrogen) atoms. The molecule has 0 fully saturated rings. The molecule has 0 aromatic carbocycles. The van der Waals surface area contributed by atoms with Crippen LogP contribution in [0.15, 0.2) is 0 Å². The lowest BCUT2D eigenvalue weighted by atomic mass is 10.3. The fraction of sp³-hybridized carbons (Fsp3) is 0.692. The Morgan fingerprint density at radius 3 is 2.44 bits per heavy atom. The molecule has 1 heterocycles. The topological polar surface area (TPSA) is 36.4 Å². The Kier molecular flexibility index (Phi) is 5.75. The molecule has 0 saturated heterocycles. The summed E-state index contributed by atoms with van der Waals surface area (Å²) in [6.45, 7) is 8.62. The molecule has 0 aliphatic carbocycles. The number of carbonyl (C=O) groups excluding carboxylic acids is 1. The van der Waals surface area contributed by atoms with Gasteiger partial charge in [0.05, 0.1) is 10.6 Å². The van der Waals surface area contributed by atoms with Crippen LogP contribution in [0.3, 0.4) is 0 Å². The Labute approximate surface area is 114 Å². The number of ketones is 1. The zero-order chi connectivity index (χ0) is 13.7. The van der Waals surface area contributed by atoms with Crippen molar-refractivity contribution in [3.05, 3.63) is 10.6 Å². The third-order valence-electron chi connectivity index (χ3n) is 2.79. The van der Waals surface area contributed by atoms with Crippen LogP contribution >= 0.6 is 11.3 Å². The highest BCUT2D eigenvalue weighted by Crippen LogP contribution is 2.26. The summed E-state index contributed by atoms with van der Waals surface area (Å²) >= 11 is 1.51. The predicted molar refractivity (Wildman–Crippen MR) is 77.9 cm³/mol. The molecule has 0 spiro atoms. The summed E-state index contributed by atoms with van der Waals surface area (Å²) in [4.78, 5) is 21.2. The monoisotopic (exact) mass is 269 g/mol. The summed E-state index contributed by atoms with van der Waals surface area (Å²) in [5.41, 5.74) is 0.855. The highest BCUT2D eigenvalue weighted by Gasteiger charge is 2.15. The van der Waals surface area contributed by atoms with Gasteiger partial charge in [0.1, 0.15) is 0 Å². The van der Waals surface area contributed by atoms with Gasteiger partial charge in [-0.15, -0.1) is 0 Å². The van der Waals surface area contributed by atoms with E-state index in [1.807, 2.05) is 6.92 Å². The molecule has 0 atom stereocenters. The second-order valence-electron chi connectivity index (χ2n) is 4.70. The van der Waals surface area contributed by atoms with Crippen LogP contribution in [-0.4, -0.2) is 49.4 Å². The molecule has 0 saturated carbocycles. The maximum Gasteiger partial charge on any atom is 0.186 e. The Hall–Kier alpha value is -0.940. The third-order valence-corrected chi connectivity index (χ3v) is 4.11. The van der Waals surface area contributed by atoms with E-state index in [-0.39, 0.29) is 5.78 Å². The van der Waals surface area contributed by atoms with Gasteiger partial charge in [0.15, 0.2) is 10.9 Å². The van der Waals surface area contributed by atoms with Gasteiger partial charge in [-0.2, -0.15) is 0 Å². The number of rotatable bonds is 7. The number of hydrogen-bond donors (Lipinski definition) is 0. The van der Waals surface area contributed by atoms with Gasteiger partial charge < -0.3 is 9.80 Å². The molecule has 102 valence electrons. The minimum absolute atomic E-state index is 0.112. The van der Waals surface area contributed by atoms with Gasteiger partial charge >= 0.3 is 0 Å². The summed E-state index contributed by atoms with van der Waals surface area (Å²) in [6, 6.07) is 0. The minimum Gasteiger partial charge on any atom is -0.348 e. The maximum atomic E-state index is 11.4. The molecular formula is C13H23N3OS. The van der Waals surface area contributed by atoms with Gasteiger partial charge in [-0.3, -0.25) is 4.79 Å². The van der Waals surface area contributed by atoms with Crippen LogP contribution in [0.25, 0.3) is 0 Å². The molecule has 0 amide bonds. The van der Waals surface area contributed by atoms with E-state index in [1.54, 1.807) is 6.92 Å². The Bertz CT molecular complexity index is 401. The molecule has 4 nitrogen and oxygen atoms in total. The van der Waals surface area contributed by atoms with Crippen molar-refractivity contribution in [3.8, 4) is 0 Å². The van der Waals surface area contributed by atoms with Crippen molar-refractivity contribution in [1.82, 2.24) is 9.88 Å². The lowest BCUT2D eigenvalue weighted by Gasteiger charge is -2.20. The first-order chi connectivity index (χ1) is 8.45. The number of aromatic nitrogens is 1. The minimum atomic E-state index is 0.112. The first-order valence-corrected chi connectivity index (χ1v) is 7.15. The fourth-order valence-electron chi connectivity index (χ4n) is 1.81. The van der Waals surface area contributed by atoms with Crippen molar-refractivity contribution in [2.24, 2.45) is 0 Å². The van der Waals surface area contributed by atoms with E-state index in [9.17, 15) is 4.79 Å². The summed E-state index contributed by atoms with van der Waals surface area (Å²) in [5, 5.41) is 0.971. The van der Waals surface area contributed by atoms with Crippen molar-refractivity contribution >= 4 is 22.3 Å². The second-order valence-corrected chi connectivity index (χ2v) is 5.68. The number of aryl methyl sites for hydroxylation is 1. The standard InChI is InChI=1S/C13H23N3OS/c1-6-16(9-7-8-15(4)5)13-14-10(2)12(18-13)11(3)17/h6-9H2,1-5H3. The van der Waals surface area contributed by atoms with Crippen LogP contribution in [0, 0.1) is 6.92 Å². The van der Waals surface area contributed by atoms with Crippen LogP contribution in [0.1, 0.15) is 35.6 Å². The summed E-state index contributed by atoms with van der Waals surface area (Å²) in [6.07, 6.45) is 1.11. The van der Waals surface area contributed by atoms with Crippen LogP contribution in [0.2, 0.25) is 0 Å². The van der Waals surface area contributed by atoms with E-state index >= 15 is 0 Å². The van der Waals surface area contributed by atoms with Crippen molar-refractivity contribution in [2.75, 3.05) is 38.6 Å². The van der Waals surface area contributed by atoms with Gasteiger partial charge in [-0.1, -0.05) is 11.3 Å². The molecule has 5 heteroatoms. The quantitative estimate of drug-likeness (QED) is 0.712. The largest absolute Gasteiger partial charge is 0.348 e. The molecule has 0 bridgehead atoms. The zero-order valence-electron chi connectivity index (χ0n) is 12.0. The van der Waals surface area contributed by atoms with Crippen molar-refractivity contribution in [3.63, 3.8) is 0 Å². The molecule has 0 aliphatic rings. The molecule has 1 aromatic heterocycles. The van der Waals surface area contributed by atoms with Gasteiger partial charge in [-0.05, 0) is 40.9 Å². The predicted octanol–water partition coefficient (Wildman–Crippen LogP) is 2.43. The second kappa shape index (κ2) is 6.85. The van der Waals surface area contributed by atoms with Crippen molar-refractivity contribution in [2.45, 2.75) is 27.2 Å². The molecule has 0 radical (unpaired) electrons. The SMILES string of the molecule is CCN(CCCN(C)C)c1nc(C)c(C(C)=O)s1. The third kappa shape index (κ3) is 4.07. The van der Waals surface area contributed by atoms with E-state index in [4.69, 9.17) is 0 Å². The van der Waals surface area contributed by atoms with Crippen molar-refractivity contribution < 1.29 is 4.79 Å². The fourth-order valence-corrected chi connectivity index (χ4v) is 2.86. The Morgan fingerprint density at radius 1 is 1.33 bits per heavy atom. The number of hydrogen-bond acceptors (Lipinski definition) is 5.